The van der Waals surface area contributed by atoms with E-state index in [2.05, 4.69) is 36.7 Å². The van der Waals surface area contributed by atoms with Crippen molar-refractivity contribution in [1.82, 2.24) is 0 Å². The normalized spacial score (nSPS) is 10.6. The maximum Gasteiger partial charge on any atom is 0.243 e. The fourth-order valence-electron chi connectivity index (χ4n) is 2.93. The first-order valence-corrected chi connectivity index (χ1v) is 11.1. The molecule has 0 heterocycles. The topological polar surface area (TPSA) is 79.5 Å². The fourth-order valence-corrected chi connectivity index (χ4v) is 2.93. The summed E-state index contributed by atoms with van der Waals surface area (Å²) >= 11 is 0. The van der Waals surface area contributed by atoms with Crippen LogP contribution in [0.3, 0.4) is 0 Å². The monoisotopic (exact) mass is 425 g/mol. The van der Waals surface area contributed by atoms with Crippen molar-refractivity contribution >= 4 is 28.9 Å². The summed E-state index contributed by atoms with van der Waals surface area (Å²) in [5.41, 5.74) is 2.15. The lowest BCUT2D eigenvalue weighted by Crippen LogP contribution is -2.21. The van der Waals surface area contributed by atoms with Crippen LogP contribution in [-0.4, -0.2) is 25.0 Å². The zero-order valence-electron chi connectivity index (χ0n) is 18.9. The second-order valence-electron chi connectivity index (χ2n) is 8.05. The first-order chi connectivity index (χ1) is 15.0. The van der Waals surface area contributed by atoms with Crippen molar-refractivity contribution in [2.75, 3.05) is 29.1 Å². The van der Waals surface area contributed by atoms with Crippen LogP contribution in [0.4, 0.5) is 17.1 Å². The molecular weight excluding hydrogens is 390 g/mol. The quantitative estimate of drug-likeness (QED) is 0.361. The van der Waals surface area contributed by atoms with Gasteiger partial charge in [0.05, 0.1) is 13.2 Å². The lowest BCUT2D eigenvalue weighted by Gasteiger charge is -2.12. The van der Waals surface area contributed by atoms with Gasteiger partial charge in [0.15, 0.2) is 0 Å². The van der Waals surface area contributed by atoms with E-state index in [0.717, 1.165) is 37.1 Å². The summed E-state index contributed by atoms with van der Waals surface area (Å²) in [6, 6.07) is 14.8. The highest BCUT2D eigenvalue weighted by atomic mass is 16.5. The maximum absolute atomic E-state index is 12.3. The Labute approximate surface area is 185 Å². The molecule has 0 fully saturated rings. The van der Waals surface area contributed by atoms with Gasteiger partial charge in [-0.05, 0) is 49.1 Å². The van der Waals surface area contributed by atoms with Gasteiger partial charge < -0.3 is 20.7 Å². The van der Waals surface area contributed by atoms with Crippen LogP contribution in [0.25, 0.3) is 0 Å². The Morgan fingerprint density at radius 2 is 1.58 bits per heavy atom. The van der Waals surface area contributed by atoms with Crippen molar-refractivity contribution in [3.8, 4) is 5.75 Å². The van der Waals surface area contributed by atoms with E-state index in [9.17, 15) is 9.59 Å². The number of unbranched alkanes of at least 4 members (excludes halogenated alkanes) is 2. The van der Waals surface area contributed by atoms with E-state index in [-0.39, 0.29) is 18.4 Å². The molecule has 0 unspecified atom stereocenters. The van der Waals surface area contributed by atoms with Gasteiger partial charge in [0, 0.05) is 29.5 Å². The highest BCUT2D eigenvalue weighted by Crippen LogP contribution is 2.19. The van der Waals surface area contributed by atoms with E-state index in [4.69, 9.17) is 4.74 Å². The van der Waals surface area contributed by atoms with Gasteiger partial charge in [0.25, 0.3) is 0 Å². The van der Waals surface area contributed by atoms with Gasteiger partial charge in [-0.1, -0.05) is 45.7 Å². The summed E-state index contributed by atoms with van der Waals surface area (Å²) in [7, 11) is 0. The molecule has 2 aromatic carbocycles. The van der Waals surface area contributed by atoms with Crippen LogP contribution in [0, 0.1) is 5.92 Å². The Kier molecular flexibility index (Phi) is 10.4. The predicted molar refractivity (Wildman–Crippen MR) is 128 cm³/mol. The van der Waals surface area contributed by atoms with E-state index >= 15 is 0 Å². The molecule has 0 aliphatic carbocycles. The van der Waals surface area contributed by atoms with Crippen molar-refractivity contribution in [1.29, 1.82) is 0 Å². The first kappa shape index (κ1) is 24.3. The summed E-state index contributed by atoms with van der Waals surface area (Å²) in [5, 5.41) is 8.86. The molecule has 0 spiro atoms. The maximum atomic E-state index is 12.3. The summed E-state index contributed by atoms with van der Waals surface area (Å²) < 4.78 is 5.76. The van der Waals surface area contributed by atoms with Crippen LogP contribution in [0.1, 0.15) is 52.9 Å². The van der Waals surface area contributed by atoms with Crippen molar-refractivity contribution in [3.05, 3.63) is 48.5 Å². The molecular formula is C25H35N3O3. The molecule has 168 valence electrons. The average Bonchev–Trinajstić information content (AvgIpc) is 2.73. The van der Waals surface area contributed by atoms with E-state index in [1.54, 1.807) is 12.1 Å². The number of nitrogens with one attached hydrogen (secondary N) is 3. The van der Waals surface area contributed by atoms with Gasteiger partial charge >= 0.3 is 0 Å². The van der Waals surface area contributed by atoms with Gasteiger partial charge in [-0.3, -0.25) is 9.59 Å². The first-order valence-electron chi connectivity index (χ1n) is 11.1. The number of ether oxygens (including phenoxy) is 1. The highest BCUT2D eigenvalue weighted by molar-refractivity contribution is 5.95. The average molecular weight is 426 g/mol. The minimum absolute atomic E-state index is 0.00547. The summed E-state index contributed by atoms with van der Waals surface area (Å²) in [5.74, 6) is 1.21. The number of amides is 2. The van der Waals surface area contributed by atoms with Crippen LogP contribution in [-0.2, 0) is 9.59 Å². The molecule has 6 nitrogen and oxygen atoms in total. The lowest BCUT2D eigenvalue weighted by atomic mass is 10.1. The number of hydrogen-bond acceptors (Lipinski definition) is 4. The molecule has 2 aromatic rings. The van der Waals surface area contributed by atoms with Gasteiger partial charge in [-0.15, -0.1) is 0 Å². The third kappa shape index (κ3) is 10.0. The summed E-state index contributed by atoms with van der Waals surface area (Å²) in [4.78, 5) is 24.3. The van der Waals surface area contributed by atoms with Gasteiger partial charge in [0.1, 0.15) is 5.75 Å². The van der Waals surface area contributed by atoms with E-state index in [1.807, 2.05) is 36.4 Å². The summed E-state index contributed by atoms with van der Waals surface area (Å²) in [6.07, 6.45) is 4.52. The lowest BCUT2D eigenvalue weighted by molar-refractivity contribution is -0.116. The number of rotatable bonds is 13. The highest BCUT2D eigenvalue weighted by Gasteiger charge is 2.06. The third-order valence-corrected chi connectivity index (χ3v) is 4.69. The molecule has 31 heavy (non-hydrogen) atoms. The minimum atomic E-state index is -0.169. The Bertz CT molecular complexity index is 836. The standard InChI is InChI=1S/C25H35N3O3/c1-4-5-6-13-24(29)27-21-10-7-11-22(16-21)28-25(30)18-26-20-9-8-12-23(17-20)31-15-14-19(2)3/h7-12,16-17,19,26H,4-6,13-15,18H2,1-3H3,(H,27,29)(H,28,30). The molecule has 2 amide bonds. The predicted octanol–water partition coefficient (Wildman–Crippen LogP) is 5.68. The number of hydrogen-bond donors (Lipinski definition) is 3. The van der Waals surface area contributed by atoms with Crippen molar-refractivity contribution in [2.24, 2.45) is 5.92 Å². The molecule has 3 N–H and O–H groups in total. The Morgan fingerprint density at radius 3 is 2.29 bits per heavy atom. The molecule has 2 rings (SSSR count). The van der Waals surface area contributed by atoms with E-state index < -0.39 is 0 Å². The van der Waals surface area contributed by atoms with Gasteiger partial charge in [-0.25, -0.2) is 0 Å². The largest absolute Gasteiger partial charge is 0.494 e. The van der Waals surface area contributed by atoms with Crippen LogP contribution in [0.15, 0.2) is 48.5 Å². The van der Waals surface area contributed by atoms with E-state index in [1.165, 1.54) is 0 Å². The smallest absolute Gasteiger partial charge is 0.243 e. The Hall–Kier alpha value is -3.02. The van der Waals surface area contributed by atoms with Crippen molar-refractivity contribution in [2.45, 2.75) is 52.9 Å². The molecule has 0 atom stereocenters. The Morgan fingerprint density at radius 1 is 0.903 bits per heavy atom. The molecule has 0 radical (unpaired) electrons. The van der Waals surface area contributed by atoms with E-state index in [0.29, 0.717) is 30.3 Å². The van der Waals surface area contributed by atoms with Crippen LogP contribution >= 0.6 is 0 Å². The van der Waals surface area contributed by atoms with Crippen molar-refractivity contribution < 1.29 is 14.3 Å². The van der Waals surface area contributed by atoms with Crippen LogP contribution in [0.5, 0.6) is 5.75 Å². The zero-order valence-corrected chi connectivity index (χ0v) is 18.9. The van der Waals surface area contributed by atoms with Crippen LogP contribution in [0.2, 0.25) is 0 Å². The van der Waals surface area contributed by atoms with Gasteiger partial charge in [0.2, 0.25) is 11.8 Å². The minimum Gasteiger partial charge on any atom is -0.494 e. The zero-order chi connectivity index (χ0) is 22.5. The number of anilines is 3. The molecule has 0 saturated heterocycles. The molecule has 0 aromatic heterocycles. The third-order valence-electron chi connectivity index (χ3n) is 4.69. The number of carbonyl (C=O) groups is 2. The summed E-state index contributed by atoms with van der Waals surface area (Å²) in [6.45, 7) is 7.24. The SMILES string of the molecule is CCCCCC(=O)Nc1cccc(NC(=O)CNc2cccc(OCCC(C)C)c2)c1. The second kappa shape index (κ2) is 13.3. The van der Waals surface area contributed by atoms with Crippen molar-refractivity contribution in [3.63, 3.8) is 0 Å². The molecule has 6 heteroatoms. The van der Waals surface area contributed by atoms with Gasteiger partial charge in [-0.2, -0.15) is 0 Å². The number of carbonyl (C=O) groups excluding carboxylic acids is 2. The molecule has 0 bridgehead atoms. The molecule has 0 aliphatic heterocycles. The Balaban J connectivity index is 1.80. The molecule has 0 aliphatic rings. The fraction of sp³-hybridized carbons (Fsp3) is 0.440. The van der Waals surface area contributed by atoms with Crippen LogP contribution < -0.4 is 20.7 Å². The molecule has 0 saturated carbocycles. The number of benzene rings is 2. The second-order valence-corrected chi connectivity index (χ2v) is 8.05.